The Morgan fingerprint density at radius 3 is 1.14 bits per heavy atom. The first-order chi connectivity index (χ1) is 19.5. The third kappa shape index (κ3) is 10.2. The molecule has 2 N–H and O–H groups in total. The molecule has 2 aromatic rings. The minimum Gasteiger partial charge on any atom is -0.444 e. The van der Waals surface area contributed by atoms with Crippen LogP contribution in [0.2, 0.25) is 0 Å². The molecule has 2 aliphatic carbocycles. The highest BCUT2D eigenvalue weighted by molar-refractivity contribution is 5.99. The number of carbonyl (C=O) groups is 4. The van der Waals surface area contributed by atoms with Gasteiger partial charge in [0.05, 0.1) is 0 Å². The Kier molecular flexibility index (Phi) is 10.5. The van der Waals surface area contributed by atoms with Crippen molar-refractivity contribution < 1.29 is 37.4 Å². The Hall–Kier alpha value is -3.82. The number of hydrogen-bond donors (Lipinski definition) is 2. The number of ether oxygens (including phenoxy) is 2. The summed E-state index contributed by atoms with van der Waals surface area (Å²) >= 11 is 0. The summed E-state index contributed by atoms with van der Waals surface area (Å²) in [6.45, 7) is 10.8. The van der Waals surface area contributed by atoms with Gasteiger partial charge in [-0.2, -0.15) is 0 Å². The Bertz CT molecular complexity index is 1150. The van der Waals surface area contributed by atoms with E-state index in [9.17, 15) is 28.0 Å². The number of ketones is 2. The van der Waals surface area contributed by atoms with Gasteiger partial charge in [-0.25, -0.2) is 18.4 Å². The van der Waals surface area contributed by atoms with Crippen molar-refractivity contribution in [3.8, 4) is 0 Å². The van der Waals surface area contributed by atoms with Gasteiger partial charge >= 0.3 is 12.2 Å². The second kappa shape index (κ2) is 13.4. The van der Waals surface area contributed by atoms with Crippen molar-refractivity contribution in [2.24, 2.45) is 11.8 Å². The first-order valence-electron chi connectivity index (χ1n) is 14.1. The first kappa shape index (κ1) is 32.7. The second-order valence-corrected chi connectivity index (χ2v) is 12.8. The number of benzene rings is 2. The normalized spacial score (nSPS) is 21.3. The lowest BCUT2D eigenvalue weighted by molar-refractivity contribution is 0.0432. The van der Waals surface area contributed by atoms with Crippen LogP contribution < -0.4 is 10.6 Å². The number of halogens is 2. The molecule has 0 aliphatic heterocycles. The predicted molar refractivity (Wildman–Crippen MR) is 153 cm³/mol. The smallest absolute Gasteiger partial charge is 0.407 e. The minimum atomic E-state index is -0.531. The van der Waals surface area contributed by atoms with Crippen LogP contribution in [-0.4, -0.2) is 47.0 Å². The van der Waals surface area contributed by atoms with Crippen molar-refractivity contribution in [2.45, 2.75) is 90.5 Å². The van der Waals surface area contributed by atoms with E-state index in [0.717, 1.165) is 0 Å². The molecule has 2 amide bonds. The molecular weight excluding hydrogens is 546 g/mol. The SMILES string of the molecule is CC(C)(C)OC(=O)NC1CC(C(=O)c2ccc(F)cc2)C1.CC(C)(C)OC(=O)NC1CC(C(=O)c2ccc(F)cc2)C1. The van der Waals surface area contributed by atoms with Gasteiger partial charge in [0.2, 0.25) is 0 Å². The number of carbonyl (C=O) groups excluding carboxylic acids is 4. The average molecular weight is 587 g/mol. The molecule has 0 saturated heterocycles. The summed E-state index contributed by atoms with van der Waals surface area (Å²) < 4.78 is 36.0. The molecular formula is C32H40F2N2O6. The van der Waals surface area contributed by atoms with Crippen molar-refractivity contribution in [1.29, 1.82) is 0 Å². The molecule has 8 nitrogen and oxygen atoms in total. The Balaban J connectivity index is 0.000000230. The standard InChI is InChI=1S/2C16H20FNO3/c2*1-16(2,3)21-15(20)18-13-8-11(9-13)14(19)10-4-6-12(17)7-5-10/h2*4-7,11,13H,8-9H2,1-3H3,(H,18,20). The molecule has 42 heavy (non-hydrogen) atoms. The third-order valence-corrected chi connectivity index (χ3v) is 6.72. The lowest BCUT2D eigenvalue weighted by Crippen LogP contribution is -2.48. The van der Waals surface area contributed by atoms with Crippen LogP contribution in [0.1, 0.15) is 87.9 Å². The zero-order valence-corrected chi connectivity index (χ0v) is 25.0. The molecule has 2 fully saturated rings. The van der Waals surface area contributed by atoms with Crippen molar-refractivity contribution in [1.82, 2.24) is 10.6 Å². The molecule has 4 rings (SSSR count). The fraction of sp³-hybridized carbons (Fsp3) is 0.500. The van der Waals surface area contributed by atoms with Gasteiger partial charge in [-0.15, -0.1) is 0 Å². The van der Waals surface area contributed by atoms with Crippen LogP contribution in [0.5, 0.6) is 0 Å². The maximum atomic E-state index is 12.8. The van der Waals surface area contributed by atoms with Crippen LogP contribution in [0.25, 0.3) is 0 Å². The molecule has 0 atom stereocenters. The molecule has 0 heterocycles. The third-order valence-electron chi connectivity index (χ3n) is 6.72. The number of rotatable bonds is 6. The largest absolute Gasteiger partial charge is 0.444 e. The summed E-state index contributed by atoms with van der Waals surface area (Å²) in [4.78, 5) is 47.4. The molecule has 2 saturated carbocycles. The van der Waals surface area contributed by atoms with E-state index < -0.39 is 23.4 Å². The lowest BCUT2D eigenvalue weighted by atomic mass is 9.76. The zero-order chi connectivity index (χ0) is 31.2. The van der Waals surface area contributed by atoms with E-state index in [-0.39, 0.29) is 47.1 Å². The average Bonchev–Trinajstić information content (AvgIpc) is 2.81. The molecule has 228 valence electrons. The van der Waals surface area contributed by atoms with Gasteiger partial charge in [-0.05, 0) is 116 Å². The summed E-state index contributed by atoms with van der Waals surface area (Å²) in [5.74, 6) is -0.950. The predicted octanol–water partition coefficient (Wildman–Crippen LogP) is 6.62. The van der Waals surface area contributed by atoms with E-state index in [0.29, 0.717) is 36.8 Å². The van der Waals surface area contributed by atoms with Crippen molar-refractivity contribution in [3.05, 3.63) is 71.3 Å². The number of Topliss-reactive ketones (excluding diaryl/α,β-unsaturated/α-hetero) is 2. The zero-order valence-electron chi connectivity index (χ0n) is 25.0. The van der Waals surface area contributed by atoms with Crippen LogP contribution in [0.4, 0.5) is 18.4 Å². The number of nitrogens with one attached hydrogen (secondary N) is 2. The molecule has 0 spiro atoms. The Morgan fingerprint density at radius 2 is 0.881 bits per heavy atom. The summed E-state index contributed by atoms with van der Waals surface area (Å²) in [7, 11) is 0. The summed E-state index contributed by atoms with van der Waals surface area (Å²) in [6, 6.07) is 11.0. The van der Waals surface area contributed by atoms with E-state index in [1.54, 1.807) is 41.5 Å². The van der Waals surface area contributed by atoms with Crippen LogP contribution in [0.3, 0.4) is 0 Å². The fourth-order valence-electron chi connectivity index (χ4n) is 4.55. The van der Waals surface area contributed by atoms with Crippen molar-refractivity contribution in [3.63, 3.8) is 0 Å². The van der Waals surface area contributed by atoms with Gasteiger partial charge in [0, 0.05) is 35.0 Å². The number of hydrogen-bond acceptors (Lipinski definition) is 6. The van der Waals surface area contributed by atoms with Gasteiger partial charge in [0.15, 0.2) is 11.6 Å². The molecule has 0 radical (unpaired) electrons. The highest BCUT2D eigenvalue weighted by Crippen LogP contribution is 2.32. The summed E-state index contributed by atoms with van der Waals surface area (Å²) in [5.41, 5.74) is -0.0387. The molecule has 2 aromatic carbocycles. The molecule has 0 aromatic heterocycles. The topological polar surface area (TPSA) is 111 Å². The van der Waals surface area contributed by atoms with Crippen LogP contribution in [0.15, 0.2) is 48.5 Å². The van der Waals surface area contributed by atoms with E-state index >= 15 is 0 Å². The van der Waals surface area contributed by atoms with Crippen molar-refractivity contribution >= 4 is 23.8 Å². The van der Waals surface area contributed by atoms with E-state index in [1.165, 1.54) is 48.5 Å². The Morgan fingerprint density at radius 1 is 0.595 bits per heavy atom. The maximum Gasteiger partial charge on any atom is 0.407 e. The molecule has 0 bridgehead atoms. The van der Waals surface area contributed by atoms with Gasteiger partial charge in [0.1, 0.15) is 22.8 Å². The summed E-state index contributed by atoms with van der Waals surface area (Å²) in [5, 5.41) is 5.49. The van der Waals surface area contributed by atoms with Crippen LogP contribution >= 0.6 is 0 Å². The van der Waals surface area contributed by atoms with E-state index in [2.05, 4.69) is 10.6 Å². The second-order valence-electron chi connectivity index (χ2n) is 12.8. The maximum absolute atomic E-state index is 12.8. The first-order valence-corrected chi connectivity index (χ1v) is 14.1. The van der Waals surface area contributed by atoms with E-state index in [1.807, 2.05) is 0 Å². The lowest BCUT2D eigenvalue weighted by Gasteiger charge is -2.35. The highest BCUT2D eigenvalue weighted by atomic mass is 19.1. The van der Waals surface area contributed by atoms with Gasteiger partial charge in [-0.3, -0.25) is 9.59 Å². The van der Waals surface area contributed by atoms with Crippen LogP contribution in [-0.2, 0) is 9.47 Å². The van der Waals surface area contributed by atoms with E-state index in [4.69, 9.17) is 9.47 Å². The number of amides is 2. The summed E-state index contributed by atoms with van der Waals surface area (Å²) in [6.07, 6.45) is 1.45. The molecule has 0 unspecified atom stereocenters. The highest BCUT2D eigenvalue weighted by Gasteiger charge is 2.37. The Labute approximate surface area is 245 Å². The monoisotopic (exact) mass is 586 g/mol. The minimum absolute atomic E-state index is 0.00256. The molecule has 2 aliphatic rings. The van der Waals surface area contributed by atoms with Crippen molar-refractivity contribution in [2.75, 3.05) is 0 Å². The number of alkyl carbamates (subject to hydrolysis) is 2. The van der Waals surface area contributed by atoms with Crippen LogP contribution in [0, 0.1) is 23.5 Å². The van der Waals surface area contributed by atoms with Gasteiger partial charge in [-0.1, -0.05) is 0 Å². The fourth-order valence-corrected chi connectivity index (χ4v) is 4.55. The molecule has 10 heteroatoms. The van der Waals surface area contributed by atoms with Gasteiger partial charge in [0.25, 0.3) is 0 Å². The van der Waals surface area contributed by atoms with Gasteiger partial charge < -0.3 is 20.1 Å². The quantitative estimate of drug-likeness (QED) is 0.368.